The Kier molecular flexibility index (Phi) is 13.2. The van der Waals surface area contributed by atoms with E-state index in [1.165, 1.54) is 5.56 Å². The van der Waals surface area contributed by atoms with Gasteiger partial charge in [0.05, 0.1) is 39.1 Å². The van der Waals surface area contributed by atoms with Gasteiger partial charge in [-0.3, -0.25) is 4.90 Å². The lowest BCUT2D eigenvalue weighted by Gasteiger charge is -2.52. The van der Waals surface area contributed by atoms with Gasteiger partial charge < -0.3 is 18.9 Å². The summed E-state index contributed by atoms with van der Waals surface area (Å²) in [6, 6.07) is 52.2. The van der Waals surface area contributed by atoms with Crippen molar-refractivity contribution in [1.82, 2.24) is 4.90 Å². The molecule has 0 bridgehead atoms. The van der Waals surface area contributed by atoms with Gasteiger partial charge in [-0.25, -0.2) is 0 Å². The van der Waals surface area contributed by atoms with Crippen molar-refractivity contribution in [3.63, 3.8) is 0 Å². The van der Waals surface area contributed by atoms with Crippen LogP contribution in [0.2, 0.25) is 0 Å². The molecule has 0 radical (unpaired) electrons. The van der Waals surface area contributed by atoms with Gasteiger partial charge >= 0.3 is 0 Å². The molecule has 0 aromatic heterocycles. The predicted molar refractivity (Wildman–Crippen MR) is 200 cm³/mol. The molecule has 1 aliphatic rings. The summed E-state index contributed by atoms with van der Waals surface area (Å²) in [7, 11) is 0. The summed E-state index contributed by atoms with van der Waals surface area (Å²) >= 11 is 2.52. The third kappa shape index (κ3) is 9.62. The standard InChI is InChI=1S/C42H44INO4/c43-26-38-40(46-29-35-20-10-3-11-21-35)42(48-31-37-24-14-5-15-25-37)41(47-30-36-22-12-4-13-23-36)39(32-45-28-34-18-8-2-9-19-34)44(38)27-33-16-6-1-7-17-33/h1-25,38-42H,26-32H2/t38-,39+,40+,41+,42-/m1/s1. The molecule has 6 heteroatoms. The fourth-order valence-electron chi connectivity index (χ4n) is 6.42. The van der Waals surface area contributed by atoms with Crippen molar-refractivity contribution in [3.05, 3.63) is 179 Å². The van der Waals surface area contributed by atoms with Gasteiger partial charge in [-0.05, 0) is 27.8 Å². The zero-order chi connectivity index (χ0) is 32.8. The number of ether oxygens (including phenoxy) is 4. The van der Waals surface area contributed by atoms with Gasteiger partial charge in [0.25, 0.3) is 0 Å². The molecule has 0 aliphatic carbocycles. The maximum absolute atomic E-state index is 7.00. The van der Waals surface area contributed by atoms with Crippen molar-refractivity contribution in [1.29, 1.82) is 0 Å². The molecule has 5 aromatic rings. The Bertz CT molecular complexity index is 1590. The summed E-state index contributed by atoms with van der Waals surface area (Å²) in [6.07, 6.45) is -0.913. The van der Waals surface area contributed by atoms with Crippen molar-refractivity contribution in [2.45, 2.75) is 63.4 Å². The highest BCUT2D eigenvalue weighted by atomic mass is 127. The van der Waals surface area contributed by atoms with E-state index < -0.39 is 0 Å². The van der Waals surface area contributed by atoms with Crippen LogP contribution in [0.4, 0.5) is 0 Å². The number of likely N-dealkylation sites (tertiary alicyclic amines) is 1. The lowest BCUT2D eigenvalue weighted by atomic mass is 9.87. The summed E-state index contributed by atoms with van der Waals surface area (Å²) in [6.45, 7) is 3.18. The smallest absolute Gasteiger partial charge is 0.113 e. The number of hydrogen-bond donors (Lipinski definition) is 0. The van der Waals surface area contributed by atoms with Crippen LogP contribution in [0, 0.1) is 0 Å². The van der Waals surface area contributed by atoms with Gasteiger partial charge in [0.15, 0.2) is 0 Å². The Morgan fingerprint density at radius 1 is 0.417 bits per heavy atom. The van der Waals surface area contributed by atoms with Crippen molar-refractivity contribution in [2.24, 2.45) is 0 Å². The average Bonchev–Trinajstić information content (AvgIpc) is 3.15. The van der Waals surface area contributed by atoms with Crippen LogP contribution in [0.5, 0.6) is 0 Å². The molecule has 0 spiro atoms. The second-order valence-corrected chi connectivity index (χ2v) is 13.1. The molecule has 1 saturated heterocycles. The van der Waals surface area contributed by atoms with Gasteiger partial charge in [0.1, 0.15) is 18.3 Å². The van der Waals surface area contributed by atoms with Crippen molar-refractivity contribution >= 4 is 22.6 Å². The molecule has 0 saturated carbocycles. The molecule has 0 unspecified atom stereocenters. The second kappa shape index (κ2) is 18.4. The zero-order valence-corrected chi connectivity index (χ0v) is 29.4. The van der Waals surface area contributed by atoms with E-state index in [4.69, 9.17) is 18.9 Å². The molecule has 5 aromatic carbocycles. The lowest BCUT2D eigenvalue weighted by molar-refractivity contribution is -0.227. The fraction of sp³-hybridized carbons (Fsp3) is 0.286. The van der Waals surface area contributed by atoms with Gasteiger partial charge in [-0.2, -0.15) is 0 Å². The number of hydrogen-bond acceptors (Lipinski definition) is 5. The van der Waals surface area contributed by atoms with Crippen LogP contribution < -0.4 is 0 Å². The average molecular weight is 754 g/mol. The minimum atomic E-state index is -0.338. The van der Waals surface area contributed by atoms with Crippen LogP contribution in [0.3, 0.4) is 0 Å². The highest BCUT2D eigenvalue weighted by Gasteiger charge is 2.51. The van der Waals surface area contributed by atoms with Crippen molar-refractivity contribution in [2.75, 3.05) is 11.0 Å². The summed E-state index contributed by atoms with van der Waals surface area (Å²) in [5.41, 5.74) is 5.77. The Hall–Kier alpha value is -3.37. The summed E-state index contributed by atoms with van der Waals surface area (Å²) in [4.78, 5) is 2.56. The topological polar surface area (TPSA) is 40.2 Å². The van der Waals surface area contributed by atoms with Crippen LogP contribution in [-0.2, 0) is 51.9 Å². The van der Waals surface area contributed by atoms with Crippen LogP contribution in [0.25, 0.3) is 0 Å². The molecular weight excluding hydrogens is 709 g/mol. The van der Waals surface area contributed by atoms with E-state index in [2.05, 4.69) is 155 Å². The highest BCUT2D eigenvalue weighted by Crippen LogP contribution is 2.35. The van der Waals surface area contributed by atoms with E-state index in [9.17, 15) is 0 Å². The molecule has 48 heavy (non-hydrogen) atoms. The first-order valence-corrected chi connectivity index (χ1v) is 18.2. The first-order chi connectivity index (χ1) is 23.8. The first kappa shape index (κ1) is 34.5. The number of piperidine rings is 1. The maximum Gasteiger partial charge on any atom is 0.113 e. The van der Waals surface area contributed by atoms with Crippen LogP contribution >= 0.6 is 22.6 Å². The number of rotatable bonds is 16. The van der Waals surface area contributed by atoms with Crippen LogP contribution in [0.15, 0.2) is 152 Å². The highest BCUT2D eigenvalue weighted by molar-refractivity contribution is 14.1. The number of nitrogens with zero attached hydrogens (tertiary/aromatic N) is 1. The third-order valence-corrected chi connectivity index (χ3v) is 9.78. The molecule has 6 rings (SSSR count). The molecule has 0 amide bonds. The number of halogens is 1. The minimum Gasteiger partial charge on any atom is -0.375 e. The monoisotopic (exact) mass is 753 g/mol. The van der Waals surface area contributed by atoms with E-state index >= 15 is 0 Å². The quantitative estimate of drug-likeness (QED) is 0.0746. The molecule has 1 heterocycles. The Balaban J connectivity index is 1.37. The SMILES string of the molecule is IC[C@@H]1[C@H](OCc2ccccc2)[C@@H](OCc2ccccc2)[C@@H](OCc2ccccc2)[C@H](COCc2ccccc2)N1Cc1ccccc1. The minimum absolute atomic E-state index is 0.0530. The lowest BCUT2D eigenvalue weighted by Crippen LogP contribution is -2.69. The van der Waals surface area contributed by atoms with Crippen molar-refractivity contribution in [3.8, 4) is 0 Å². The van der Waals surface area contributed by atoms with Gasteiger partial charge in [0.2, 0.25) is 0 Å². The summed E-state index contributed by atoms with van der Waals surface area (Å²) < 4.78 is 28.3. The second-order valence-electron chi connectivity index (χ2n) is 12.2. The van der Waals surface area contributed by atoms with E-state index in [1.807, 2.05) is 24.3 Å². The van der Waals surface area contributed by atoms with Gasteiger partial charge in [-0.1, -0.05) is 174 Å². The molecule has 0 N–H and O–H groups in total. The van der Waals surface area contributed by atoms with E-state index in [1.54, 1.807) is 0 Å². The van der Waals surface area contributed by atoms with Crippen LogP contribution in [-0.4, -0.2) is 46.3 Å². The molecule has 248 valence electrons. The fourth-order valence-corrected chi connectivity index (χ4v) is 7.42. The Labute approximate surface area is 299 Å². The van der Waals surface area contributed by atoms with E-state index in [0.29, 0.717) is 33.0 Å². The first-order valence-electron chi connectivity index (χ1n) is 16.7. The maximum atomic E-state index is 7.00. The zero-order valence-electron chi connectivity index (χ0n) is 27.2. The molecule has 5 atom stereocenters. The molecular formula is C42H44INO4. The van der Waals surface area contributed by atoms with E-state index in [0.717, 1.165) is 33.2 Å². The molecule has 1 fully saturated rings. The molecule has 5 nitrogen and oxygen atoms in total. The summed E-state index contributed by atoms with van der Waals surface area (Å²) in [5.74, 6) is 0. The Morgan fingerprint density at radius 2 is 0.771 bits per heavy atom. The van der Waals surface area contributed by atoms with E-state index in [-0.39, 0.29) is 30.4 Å². The van der Waals surface area contributed by atoms with Gasteiger partial charge in [0, 0.05) is 17.0 Å². The normalized spacial score (nSPS) is 21.2. The largest absolute Gasteiger partial charge is 0.375 e. The number of alkyl halides is 1. The van der Waals surface area contributed by atoms with Crippen LogP contribution in [0.1, 0.15) is 27.8 Å². The third-order valence-electron chi connectivity index (χ3n) is 8.88. The van der Waals surface area contributed by atoms with Gasteiger partial charge in [-0.15, -0.1) is 0 Å². The molecule has 1 aliphatic heterocycles. The Morgan fingerprint density at radius 3 is 1.19 bits per heavy atom. The predicted octanol–water partition coefficient (Wildman–Crippen LogP) is 8.65. The summed E-state index contributed by atoms with van der Waals surface area (Å²) in [5, 5.41) is 0. The van der Waals surface area contributed by atoms with Crippen molar-refractivity contribution < 1.29 is 18.9 Å². The number of benzene rings is 5.